The molecule has 1 saturated heterocycles. The lowest BCUT2D eigenvalue weighted by Gasteiger charge is -2.34. The molecule has 2 aliphatic heterocycles. The van der Waals surface area contributed by atoms with Gasteiger partial charge in [-0.2, -0.15) is 10.2 Å². The molecule has 0 aliphatic carbocycles. The number of rotatable bonds is 4. The fraction of sp³-hybridized carbons (Fsp3) is 0.391. The predicted molar refractivity (Wildman–Crippen MR) is 118 cm³/mol. The molecular weight excluding hydrogens is 408 g/mol. The van der Waals surface area contributed by atoms with Gasteiger partial charge in [-0.3, -0.25) is 19.4 Å². The average Bonchev–Trinajstić information content (AvgIpc) is 3.51. The minimum Gasteiger partial charge on any atom is -0.497 e. The summed E-state index contributed by atoms with van der Waals surface area (Å²) in [5, 5.41) is 11.6. The zero-order valence-electron chi connectivity index (χ0n) is 18.1. The number of carbonyl (C=O) groups excluding carboxylic acids is 2. The van der Waals surface area contributed by atoms with Crippen LogP contribution < -0.4 is 4.74 Å². The predicted octanol–water partition coefficient (Wildman–Crippen LogP) is 2.22. The van der Waals surface area contributed by atoms with Gasteiger partial charge in [0.05, 0.1) is 12.8 Å². The number of benzene rings is 1. The first-order valence-electron chi connectivity index (χ1n) is 11.0. The maximum Gasteiger partial charge on any atom is 0.274 e. The highest BCUT2D eigenvalue weighted by Crippen LogP contribution is 2.23. The van der Waals surface area contributed by atoms with Crippen molar-refractivity contribution in [2.75, 3.05) is 33.3 Å². The Labute approximate surface area is 186 Å². The van der Waals surface area contributed by atoms with E-state index in [9.17, 15) is 9.59 Å². The van der Waals surface area contributed by atoms with Crippen molar-refractivity contribution in [3.63, 3.8) is 0 Å². The van der Waals surface area contributed by atoms with Crippen LogP contribution in [0.2, 0.25) is 0 Å². The molecule has 166 valence electrons. The molecule has 0 bridgehead atoms. The minimum absolute atomic E-state index is 0.0548. The number of hydrogen-bond acceptors (Lipinski definition) is 5. The second-order valence-electron chi connectivity index (χ2n) is 8.18. The van der Waals surface area contributed by atoms with Gasteiger partial charge in [0, 0.05) is 44.0 Å². The van der Waals surface area contributed by atoms with E-state index < -0.39 is 0 Å². The van der Waals surface area contributed by atoms with Crippen molar-refractivity contribution in [2.45, 2.75) is 25.8 Å². The van der Waals surface area contributed by atoms with Crippen molar-refractivity contribution in [1.82, 2.24) is 29.8 Å². The van der Waals surface area contributed by atoms with E-state index in [-0.39, 0.29) is 11.8 Å². The monoisotopic (exact) mass is 434 g/mol. The molecule has 0 saturated carbocycles. The van der Waals surface area contributed by atoms with Crippen molar-refractivity contribution in [3.05, 3.63) is 53.5 Å². The normalized spacial score (nSPS) is 16.0. The van der Waals surface area contributed by atoms with Crippen LogP contribution in [0.25, 0.3) is 11.3 Å². The summed E-state index contributed by atoms with van der Waals surface area (Å²) >= 11 is 0. The Hall–Kier alpha value is -3.62. The number of aromatic nitrogens is 4. The second kappa shape index (κ2) is 8.49. The van der Waals surface area contributed by atoms with Crippen LogP contribution in [-0.4, -0.2) is 74.9 Å². The van der Waals surface area contributed by atoms with E-state index in [1.807, 2.05) is 35.0 Å². The van der Waals surface area contributed by atoms with E-state index in [1.165, 1.54) is 0 Å². The molecule has 32 heavy (non-hydrogen) atoms. The fourth-order valence-electron chi connectivity index (χ4n) is 4.33. The Morgan fingerprint density at radius 3 is 2.50 bits per heavy atom. The summed E-state index contributed by atoms with van der Waals surface area (Å²) in [6, 6.07) is 11.2. The summed E-state index contributed by atoms with van der Waals surface area (Å²) in [5.74, 6) is 0.565. The summed E-state index contributed by atoms with van der Waals surface area (Å²) in [4.78, 5) is 29.4. The van der Waals surface area contributed by atoms with Crippen LogP contribution in [-0.2, 0) is 13.0 Å². The molecule has 2 aliphatic rings. The van der Waals surface area contributed by atoms with Crippen LogP contribution in [0.4, 0.5) is 0 Å². The molecule has 0 unspecified atom stereocenters. The maximum absolute atomic E-state index is 13.0. The van der Waals surface area contributed by atoms with Crippen molar-refractivity contribution < 1.29 is 14.3 Å². The number of piperazine rings is 1. The molecule has 4 heterocycles. The molecule has 1 fully saturated rings. The quantitative estimate of drug-likeness (QED) is 0.679. The number of aryl methyl sites for hydroxylation is 2. The van der Waals surface area contributed by atoms with Gasteiger partial charge >= 0.3 is 0 Å². The first-order chi connectivity index (χ1) is 15.6. The van der Waals surface area contributed by atoms with Crippen LogP contribution in [0.3, 0.4) is 0 Å². The highest BCUT2D eigenvalue weighted by atomic mass is 16.5. The van der Waals surface area contributed by atoms with E-state index in [0.29, 0.717) is 43.3 Å². The van der Waals surface area contributed by atoms with Gasteiger partial charge in [0.2, 0.25) is 0 Å². The number of H-pyrrole nitrogens is 1. The second-order valence-corrected chi connectivity index (χ2v) is 8.18. The summed E-state index contributed by atoms with van der Waals surface area (Å²) in [6.45, 7) is 2.82. The van der Waals surface area contributed by atoms with E-state index in [2.05, 4.69) is 15.3 Å². The van der Waals surface area contributed by atoms with Gasteiger partial charge in [0.15, 0.2) is 5.69 Å². The average molecular weight is 435 g/mol. The van der Waals surface area contributed by atoms with Crippen molar-refractivity contribution >= 4 is 11.8 Å². The van der Waals surface area contributed by atoms with E-state index in [1.54, 1.807) is 23.0 Å². The first kappa shape index (κ1) is 20.3. The van der Waals surface area contributed by atoms with E-state index >= 15 is 0 Å². The number of hydrogen-bond donors (Lipinski definition) is 1. The molecule has 9 nitrogen and oxygen atoms in total. The molecule has 5 rings (SSSR count). The summed E-state index contributed by atoms with van der Waals surface area (Å²) < 4.78 is 7.21. The summed E-state index contributed by atoms with van der Waals surface area (Å²) in [6.07, 6.45) is 3.23. The number of aromatic amines is 1. The zero-order chi connectivity index (χ0) is 22.1. The highest BCUT2D eigenvalue weighted by molar-refractivity contribution is 5.94. The van der Waals surface area contributed by atoms with Gasteiger partial charge in [-0.1, -0.05) is 12.1 Å². The molecule has 0 spiro atoms. The van der Waals surface area contributed by atoms with Crippen molar-refractivity contribution in [3.8, 4) is 17.0 Å². The van der Waals surface area contributed by atoms with Crippen LogP contribution >= 0.6 is 0 Å². The number of nitrogens with one attached hydrogen (secondary N) is 1. The molecule has 1 N–H and O–H groups in total. The van der Waals surface area contributed by atoms with Gasteiger partial charge in [0.25, 0.3) is 11.8 Å². The largest absolute Gasteiger partial charge is 0.497 e. The lowest BCUT2D eigenvalue weighted by molar-refractivity contribution is 0.0528. The van der Waals surface area contributed by atoms with Crippen molar-refractivity contribution in [2.24, 2.45) is 0 Å². The van der Waals surface area contributed by atoms with E-state index in [4.69, 9.17) is 4.74 Å². The molecule has 0 atom stereocenters. The number of nitrogens with zero attached hydrogens (tertiary/aromatic N) is 5. The first-order valence-corrected chi connectivity index (χ1v) is 11.0. The number of amides is 2. The van der Waals surface area contributed by atoms with E-state index in [0.717, 1.165) is 42.8 Å². The van der Waals surface area contributed by atoms with Crippen molar-refractivity contribution in [1.29, 1.82) is 0 Å². The summed E-state index contributed by atoms with van der Waals surface area (Å²) in [7, 11) is 1.62. The van der Waals surface area contributed by atoms with Gasteiger partial charge in [-0.15, -0.1) is 0 Å². The third-order valence-corrected chi connectivity index (χ3v) is 6.16. The third kappa shape index (κ3) is 3.86. The Balaban J connectivity index is 1.21. The van der Waals surface area contributed by atoms with Gasteiger partial charge in [-0.05, 0) is 43.5 Å². The Bertz CT molecular complexity index is 1120. The Kier molecular flexibility index (Phi) is 5.38. The van der Waals surface area contributed by atoms with Gasteiger partial charge < -0.3 is 14.5 Å². The van der Waals surface area contributed by atoms with Crippen LogP contribution in [0.1, 0.15) is 39.5 Å². The van der Waals surface area contributed by atoms with Crippen LogP contribution in [0.15, 0.2) is 36.4 Å². The molecular formula is C23H26N6O3. The van der Waals surface area contributed by atoms with Gasteiger partial charge in [-0.25, -0.2) is 0 Å². The SMILES string of the molecule is COc1cccc(-c2cc(C(=O)N3CCN(C(=O)c4cc5n(n4)CCCC5)CC3)[nH]n2)c1. The third-order valence-electron chi connectivity index (χ3n) is 6.16. The smallest absolute Gasteiger partial charge is 0.274 e. The lowest BCUT2D eigenvalue weighted by Crippen LogP contribution is -2.50. The molecule has 9 heteroatoms. The number of fused-ring (bicyclic) bond motifs is 1. The number of carbonyl (C=O) groups is 2. The standard InChI is InChI=1S/C23H26N6O3/c1-32-18-7-4-5-16(13-18)19-15-20(25-24-19)22(30)27-9-11-28(12-10-27)23(31)21-14-17-6-2-3-8-29(17)26-21/h4-5,7,13-15H,2-3,6,8-12H2,1H3,(H,24,25). The Morgan fingerprint density at radius 2 is 1.75 bits per heavy atom. The van der Waals surface area contributed by atoms with Crippen LogP contribution in [0.5, 0.6) is 5.75 Å². The molecule has 1 aromatic carbocycles. The minimum atomic E-state index is -0.115. The summed E-state index contributed by atoms with van der Waals surface area (Å²) in [5.41, 5.74) is 3.64. The zero-order valence-corrected chi connectivity index (χ0v) is 18.1. The highest BCUT2D eigenvalue weighted by Gasteiger charge is 2.28. The molecule has 2 amide bonds. The lowest BCUT2D eigenvalue weighted by atomic mass is 10.1. The van der Waals surface area contributed by atoms with Gasteiger partial charge in [0.1, 0.15) is 11.4 Å². The molecule has 0 radical (unpaired) electrons. The molecule has 3 aromatic rings. The number of ether oxygens (including phenoxy) is 1. The number of methoxy groups -OCH3 is 1. The molecule has 2 aromatic heterocycles. The maximum atomic E-state index is 13.0. The fourth-order valence-corrected chi connectivity index (χ4v) is 4.33. The Morgan fingerprint density at radius 1 is 0.969 bits per heavy atom. The topological polar surface area (TPSA) is 96.4 Å². The van der Waals surface area contributed by atoms with Crippen LogP contribution in [0, 0.1) is 0 Å².